The molecule has 24 heavy (non-hydrogen) atoms. The second-order valence-corrected chi connectivity index (χ2v) is 7.26. The predicted octanol–water partition coefficient (Wildman–Crippen LogP) is 4.28. The minimum Gasteiger partial charge on any atom is -0.465 e. The van der Waals surface area contributed by atoms with E-state index in [1.807, 2.05) is 0 Å². The Hall–Kier alpha value is -1.32. The lowest BCUT2D eigenvalue weighted by Crippen LogP contribution is -2.40. The fraction of sp³-hybridized carbons (Fsp3) is 0.800. The molecule has 4 unspecified atom stereocenters. The summed E-state index contributed by atoms with van der Waals surface area (Å²) in [5.41, 5.74) is -0.211. The second kappa shape index (κ2) is 8.68. The Balaban J connectivity index is 2.13. The molecule has 0 N–H and O–H groups in total. The van der Waals surface area contributed by atoms with Crippen molar-refractivity contribution in [2.24, 2.45) is 23.2 Å². The maximum absolute atomic E-state index is 12.8. The number of allylic oxidation sites excluding steroid dienone is 2. The normalized spacial score (nSPS) is 30.5. The first-order valence-corrected chi connectivity index (χ1v) is 9.62. The standard InChI is InChI=1S/C20H32O4/c1-4-7-12-23-18(21)16-15-9-11-20(14-15,10-6-3)17(16)19(22)24-13-8-5-2/h9,11,15-17H,4-8,10,12-14H2,1-3H3. The Labute approximate surface area is 146 Å². The van der Waals surface area contributed by atoms with Crippen molar-refractivity contribution in [2.75, 3.05) is 13.2 Å². The van der Waals surface area contributed by atoms with Gasteiger partial charge in [-0.25, -0.2) is 0 Å². The maximum Gasteiger partial charge on any atom is 0.310 e. The van der Waals surface area contributed by atoms with Gasteiger partial charge < -0.3 is 9.47 Å². The van der Waals surface area contributed by atoms with Crippen LogP contribution in [0.1, 0.15) is 65.7 Å². The number of carbonyl (C=O) groups excluding carboxylic acids is 2. The number of carbonyl (C=O) groups is 2. The summed E-state index contributed by atoms with van der Waals surface area (Å²) in [6.45, 7) is 7.15. The molecule has 0 saturated heterocycles. The van der Waals surface area contributed by atoms with Crippen molar-refractivity contribution in [3.8, 4) is 0 Å². The highest BCUT2D eigenvalue weighted by Gasteiger charge is 2.60. The summed E-state index contributed by atoms with van der Waals surface area (Å²) in [6.07, 6.45) is 10.8. The van der Waals surface area contributed by atoms with Crippen molar-refractivity contribution in [3.05, 3.63) is 12.2 Å². The fourth-order valence-electron chi connectivity index (χ4n) is 4.29. The molecule has 0 aromatic carbocycles. The van der Waals surface area contributed by atoms with Crippen LogP contribution in [-0.4, -0.2) is 25.2 Å². The summed E-state index contributed by atoms with van der Waals surface area (Å²) in [5, 5.41) is 0. The molecule has 136 valence electrons. The van der Waals surface area contributed by atoms with Gasteiger partial charge in [0.05, 0.1) is 25.0 Å². The summed E-state index contributed by atoms with van der Waals surface area (Å²) in [7, 11) is 0. The molecule has 0 heterocycles. The van der Waals surface area contributed by atoms with Crippen molar-refractivity contribution < 1.29 is 19.1 Å². The lowest BCUT2D eigenvalue weighted by Gasteiger charge is -2.33. The molecule has 0 aromatic rings. The third-order valence-electron chi connectivity index (χ3n) is 5.46. The van der Waals surface area contributed by atoms with Crippen LogP contribution in [0, 0.1) is 23.2 Å². The van der Waals surface area contributed by atoms with Crippen LogP contribution >= 0.6 is 0 Å². The van der Waals surface area contributed by atoms with Crippen molar-refractivity contribution >= 4 is 11.9 Å². The van der Waals surface area contributed by atoms with Crippen LogP contribution in [0.4, 0.5) is 0 Å². The minimum atomic E-state index is -0.376. The van der Waals surface area contributed by atoms with E-state index in [9.17, 15) is 9.59 Å². The summed E-state index contributed by atoms with van der Waals surface area (Å²) >= 11 is 0. The quantitative estimate of drug-likeness (QED) is 0.339. The molecule has 0 aliphatic heterocycles. The van der Waals surface area contributed by atoms with Crippen LogP contribution in [-0.2, 0) is 19.1 Å². The van der Waals surface area contributed by atoms with Gasteiger partial charge in [0, 0.05) is 5.41 Å². The molecular weight excluding hydrogens is 304 g/mol. The Bertz CT molecular complexity index is 470. The van der Waals surface area contributed by atoms with Gasteiger partial charge in [-0.2, -0.15) is 0 Å². The highest BCUT2D eigenvalue weighted by molar-refractivity contribution is 5.85. The summed E-state index contributed by atoms with van der Waals surface area (Å²) in [5.74, 6) is -1.05. The monoisotopic (exact) mass is 336 g/mol. The van der Waals surface area contributed by atoms with Gasteiger partial charge in [0.2, 0.25) is 0 Å². The van der Waals surface area contributed by atoms with Crippen molar-refractivity contribution in [3.63, 3.8) is 0 Å². The van der Waals surface area contributed by atoms with E-state index in [0.29, 0.717) is 13.2 Å². The summed E-state index contributed by atoms with van der Waals surface area (Å²) < 4.78 is 11.0. The van der Waals surface area contributed by atoms with Crippen LogP contribution in [0.2, 0.25) is 0 Å². The smallest absolute Gasteiger partial charge is 0.310 e. The van der Waals surface area contributed by atoms with E-state index in [2.05, 4.69) is 32.9 Å². The SMILES string of the molecule is CCCCOC(=O)C1C2C=CC(CCC)(C2)C1C(=O)OCCCC. The minimum absolute atomic E-state index is 0.120. The van der Waals surface area contributed by atoms with Gasteiger partial charge in [-0.05, 0) is 31.6 Å². The fourth-order valence-corrected chi connectivity index (χ4v) is 4.29. The molecule has 0 aromatic heterocycles. The van der Waals surface area contributed by atoms with E-state index in [-0.39, 0.29) is 35.1 Å². The zero-order valence-corrected chi connectivity index (χ0v) is 15.4. The largest absolute Gasteiger partial charge is 0.465 e. The van der Waals surface area contributed by atoms with Crippen LogP contribution < -0.4 is 0 Å². The third kappa shape index (κ3) is 3.84. The highest BCUT2D eigenvalue weighted by Crippen LogP contribution is 2.59. The number of hydrogen-bond donors (Lipinski definition) is 0. The topological polar surface area (TPSA) is 52.6 Å². The molecule has 0 spiro atoms. The van der Waals surface area contributed by atoms with Gasteiger partial charge in [-0.15, -0.1) is 0 Å². The number of esters is 2. The van der Waals surface area contributed by atoms with Crippen LogP contribution in [0.25, 0.3) is 0 Å². The number of unbranched alkanes of at least 4 members (excludes halogenated alkanes) is 2. The first-order valence-electron chi connectivity index (χ1n) is 9.62. The number of fused-ring (bicyclic) bond motifs is 2. The molecular formula is C20H32O4. The first kappa shape index (κ1) is 19.0. The molecule has 2 aliphatic rings. The lowest BCUT2D eigenvalue weighted by molar-refractivity contribution is -0.163. The van der Waals surface area contributed by atoms with Crippen molar-refractivity contribution in [1.82, 2.24) is 0 Å². The molecule has 0 amide bonds. The molecule has 4 nitrogen and oxygen atoms in total. The lowest BCUT2D eigenvalue weighted by atomic mass is 9.71. The van der Waals surface area contributed by atoms with Crippen LogP contribution in [0.15, 0.2) is 12.2 Å². The van der Waals surface area contributed by atoms with Crippen LogP contribution in [0.5, 0.6) is 0 Å². The average Bonchev–Trinajstić information content (AvgIpc) is 3.11. The number of rotatable bonds is 10. The van der Waals surface area contributed by atoms with Crippen molar-refractivity contribution in [1.29, 1.82) is 0 Å². The van der Waals surface area contributed by atoms with Gasteiger partial charge in [0.25, 0.3) is 0 Å². The van der Waals surface area contributed by atoms with Gasteiger partial charge in [-0.3, -0.25) is 9.59 Å². The van der Waals surface area contributed by atoms with E-state index >= 15 is 0 Å². The zero-order chi connectivity index (χ0) is 17.6. The molecule has 2 aliphatic carbocycles. The van der Waals surface area contributed by atoms with Gasteiger partial charge in [0.1, 0.15) is 0 Å². The second-order valence-electron chi connectivity index (χ2n) is 7.26. The molecule has 4 heteroatoms. The van der Waals surface area contributed by atoms with E-state index in [1.165, 1.54) is 0 Å². The number of ether oxygens (including phenoxy) is 2. The molecule has 1 fully saturated rings. The first-order chi connectivity index (χ1) is 11.6. The third-order valence-corrected chi connectivity index (χ3v) is 5.46. The van der Waals surface area contributed by atoms with E-state index in [4.69, 9.17) is 9.47 Å². The van der Waals surface area contributed by atoms with E-state index < -0.39 is 0 Å². The summed E-state index contributed by atoms with van der Waals surface area (Å²) in [6, 6.07) is 0. The number of hydrogen-bond acceptors (Lipinski definition) is 4. The maximum atomic E-state index is 12.8. The molecule has 0 radical (unpaired) electrons. The predicted molar refractivity (Wildman–Crippen MR) is 93.3 cm³/mol. The van der Waals surface area contributed by atoms with Gasteiger partial charge in [0.15, 0.2) is 0 Å². The molecule has 2 bridgehead atoms. The zero-order valence-electron chi connectivity index (χ0n) is 15.4. The molecule has 4 atom stereocenters. The summed E-state index contributed by atoms with van der Waals surface area (Å²) in [4.78, 5) is 25.4. The van der Waals surface area contributed by atoms with Crippen molar-refractivity contribution in [2.45, 2.75) is 65.7 Å². The Morgan fingerprint density at radius 3 is 2.21 bits per heavy atom. The highest BCUT2D eigenvalue weighted by atomic mass is 16.5. The molecule has 2 rings (SSSR count). The average molecular weight is 336 g/mol. The Kier molecular flexibility index (Phi) is 6.88. The Morgan fingerprint density at radius 1 is 1.00 bits per heavy atom. The van der Waals surface area contributed by atoms with E-state index in [0.717, 1.165) is 44.9 Å². The Morgan fingerprint density at radius 2 is 1.62 bits per heavy atom. The van der Waals surface area contributed by atoms with E-state index in [1.54, 1.807) is 0 Å². The van der Waals surface area contributed by atoms with Gasteiger partial charge >= 0.3 is 11.9 Å². The molecule has 1 saturated carbocycles. The van der Waals surface area contributed by atoms with Crippen LogP contribution in [0.3, 0.4) is 0 Å². The van der Waals surface area contributed by atoms with Gasteiger partial charge in [-0.1, -0.05) is 52.2 Å².